The molecular formula is C16H24N2O3. The number of urea groups is 1. The minimum atomic E-state index is -0.723. The van der Waals surface area contributed by atoms with Crippen molar-refractivity contribution < 1.29 is 14.6 Å². The summed E-state index contributed by atoms with van der Waals surface area (Å²) in [5, 5.41) is 15.4. The van der Waals surface area contributed by atoms with Crippen LogP contribution in [0.4, 0.5) is 10.5 Å². The lowest BCUT2D eigenvalue weighted by Crippen LogP contribution is -2.48. The molecule has 5 heteroatoms. The largest absolute Gasteiger partial charge is 0.486 e. The Morgan fingerprint density at radius 3 is 2.57 bits per heavy atom. The fourth-order valence-corrected chi connectivity index (χ4v) is 2.16. The van der Waals surface area contributed by atoms with Crippen LogP contribution in [0.1, 0.15) is 40.0 Å². The van der Waals surface area contributed by atoms with Crippen LogP contribution in [-0.2, 0) is 0 Å². The van der Waals surface area contributed by atoms with E-state index >= 15 is 0 Å². The van der Waals surface area contributed by atoms with E-state index in [-0.39, 0.29) is 18.2 Å². The minimum absolute atomic E-state index is 0.279. The molecule has 1 aliphatic rings. The van der Waals surface area contributed by atoms with E-state index in [1.165, 1.54) is 0 Å². The smallest absolute Gasteiger partial charge is 0.319 e. The van der Waals surface area contributed by atoms with Crippen molar-refractivity contribution in [2.75, 3.05) is 11.9 Å². The highest BCUT2D eigenvalue weighted by molar-refractivity contribution is 5.90. The predicted molar refractivity (Wildman–Crippen MR) is 82.6 cm³/mol. The first kappa shape index (κ1) is 15.6. The van der Waals surface area contributed by atoms with Crippen molar-refractivity contribution in [2.45, 2.75) is 51.2 Å². The van der Waals surface area contributed by atoms with E-state index in [1.54, 1.807) is 6.07 Å². The second kappa shape index (κ2) is 5.93. The van der Waals surface area contributed by atoms with Crippen LogP contribution in [0.3, 0.4) is 0 Å². The number of carbonyl (C=O) groups excluding carboxylic acids is 1. The molecule has 0 radical (unpaired) electrons. The number of hydrogen-bond acceptors (Lipinski definition) is 3. The van der Waals surface area contributed by atoms with Gasteiger partial charge >= 0.3 is 6.03 Å². The Morgan fingerprint density at radius 1 is 1.33 bits per heavy atom. The maximum Gasteiger partial charge on any atom is 0.319 e. The first-order valence-electron chi connectivity index (χ1n) is 7.33. The molecule has 0 saturated heterocycles. The first-order valence-corrected chi connectivity index (χ1v) is 7.33. The second-order valence-corrected chi connectivity index (χ2v) is 6.60. The van der Waals surface area contributed by atoms with Gasteiger partial charge in [-0.2, -0.15) is 0 Å². The summed E-state index contributed by atoms with van der Waals surface area (Å²) in [6.07, 6.45) is 2.51. The molecule has 0 bridgehead atoms. The minimum Gasteiger partial charge on any atom is -0.486 e. The van der Waals surface area contributed by atoms with E-state index in [0.29, 0.717) is 11.4 Å². The van der Waals surface area contributed by atoms with Gasteiger partial charge in [-0.3, -0.25) is 0 Å². The van der Waals surface area contributed by atoms with Crippen molar-refractivity contribution in [1.82, 2.24) is 5.32 Å². The fraction of sp³-hybridized carbons (Fsp3) is 0.562. The Hall–Kier alpha value is -1.75. The molecule has 1 aromatic rings. The summed E-state index contributed by atoms with van der Waals surface area (Å²) in [4.78, 5) is 11.9. The highest BCUT2D eigenvalue weighted by atomic mass is 16.5. The lowest BCUT2D eigenvalue weighted by Gasteiger charge is -2.36. The van der Waals surface area contributed by atoms with E-state index in [9.17, 15) is 9.90 Å². The molecule has 1 saturated carbocycles. The lowest BCUT2D eigenvalue weighted by atomic mass is 9.80. The molecule has 0 atom stereocenters. The van der Waals surface area contributed by atoms with Gasteiger partial charge in [-0.25, -0.2) is 4.79 Å². The number of hydrogen-bond donors (Lipinski definition) is 3. The van der Waals surface area contributed by atoms with Crippen LogP contribution < -0.4 is 15.4 Å². The van der Waals surface area contributed by atoms with Gasteiger partial charge in [-0.15, -0.1) is 0 Å². The Morgan fingerprint density at radius 2 is 2.00 bits per heavy atom. The average molecular weight is 292 g/mol. The first-order chi connectivity index (χ1) is 9.77. The number of rotatable bonds is 4. The van der Waals surface area contributed by atoms with Crippen LogP contribution in [0, 0.1) is 0 Å². The Labute approximate surface area is 125 Å². The molecule has 21 heavy (non-hydrogen) atoms. The zero-order valence-electron chi connectivity index (χ0n) is 12.9. The normalized spacial score (nSPS) is 16.8. The van der Waals surface area contributed by atoms with Crippen molar-refractivity contribution in [3.63, 3.8) is 0 Å². The summed E-state index contributed by atoms with van der Waals surface area (Å²) in [5.74, 6) is 0.627. The third-order valence-corrected chi connectivity index (χ3v) is 3.41. The molecular weight excluding hydrogens is 268 g/mol. The van der Waals surface area contributed by atoms with Crippen molar-refractivity contribution >= 4 is 11.7 Å². The summed E-state index contributed by atoms with van der Waals surface area (Å²) in [7, 11) is 0. The van der Waals surface area contributed by atoms with Gasteiger partial charge in [0.2, 0.25) is 0 Å². The molecule has 3 N–H and O–H groups in total. The third-order valence-electron chi connectivity index (χ3n) is 3.41. The molecule has 0 aromatic heterocycles. The highest BCUT2D eigenvalue weighted by Gasteiger charge is 2.34. The molecule has 2 rings (SSSR count). The maximum absolute atomic E-state index is 11.9. The molecule has 2 amide bonds. The van der Waals surface area contributed by atoms with Gasteiger partial charge in [0.25, 0.3) is 0 Å². The maximum atomic E-state index is 11.9. The number of para-hydroxylation sites is 2. The van der Waals surface area contributed by atoms with Gasteiger partial charge in [0, 0.05) is 6.54 Å². The topological polar surface area (TPSA) is 70.6 Å². The number of ether oxygens (including phenoxy) is 1. The average Bonchev–Trinajstić information content (AvgIpc) is 2.35. The molecule has 0 unspecified atom stereocenters. The lowest BCUT2D eigenvalue weighted by molar-refractivity contribution is -0.0287. The monoisotopic (exact) mass is 292 g/mol. The van der Waals surface area contributed by atoms with Gasteiger partial charge in [0.1, 0.15) is 11.4 Å². The Balaban J connectivity index is 1.94. The second-order valence-electron chi connectivity index (χ2n) is 6.60. The molecule has 0 aliphatic heterocycles. The predicted octanol–water partition coefficient (Wildman–Crippen LogP) is 2.90. The fourth-order valence-electron chi connectivity index (χ4n) is 2.16. The Kier molecular flexibility index (Phi) is 4.42. The Bertz CT molecular complexity index is 504. The summed E-state index contributed by atoms with van der Waals surface area (Å²) >= 11 is 0. The molecule has 1 aromatic carbocycles. The third kappa shape index (κ3) is 4.63. The van der Waals surface area contributed by atoms with E-state index < -0.39 is 5.60 Å². The van der Waals surface area contributed by atoms with Gasteiger partial charge in [-0.05, 0) is 52.2 Å². The standard InChI is InChI=1S/C16H24N2O3/c1-15(2,3)21-13-8-5-4-7-12(13)18-14(19)17-11-16(20)9-6-10-16/h4-5,7-8,20H,6,9-11H2,1-3H3,(H2,17,18,19). The van der Waals surface area contributed by atoms with E-state index in [0.717, 1.165) is 19.3 Å². The summed E-state index contributed by atoms with van der Waals surface area (Å²) < 4.78 is 5.82. The van der Waals surface area contributed by atoms with Crippen LogP contribution in [0.2, 0.25) is 0 Å². The zero-order valence-corrected chi connectivity index (χ0v) is 12.9. The van der Waals surface area contributed by atoms with Crippen molar-refractivity contribution in [3.05, 3.63) is 24.3 Å². The van der Waals surface area contributed by atoms with Crippen LogP contribution >= 0.6 is 0 Å². The van der Waals surface area contributed by atoms with Crippen LogP contribution in [0.25, 0.3) is 0 Å². The van der Waals surface area contributed by atoms with E-state index in [2.05, 4.69) is 10.6 Å². The molecule has 116 valence electrons. The molecule has 0 spiro atoms. The summed E-state index contributed by atoms with van der Waals surface area (Å²) in [6, 6.07) is 6.98. The molecule has 0 heterocycles. The van der Waals surface area contributed by atoms with Crippen LogP contribution in [0.15, 0.2) is 24.3 Å². The highest BCUT2D eigenvalue weighted by Crippen LogP contribution is 2.31. The van der Waals surface area contributed by atoms with Crippen molar-refractivity contribution in [3.8, 4) is 5.75 Å². The number of benzene rings is 1. The number of aliphatic hydroxyl groups is 1. The molecule has 1 fully saturated rings. The van der Waals surface area contributed by atoms with Gasteiger partial charge < -0.3 is 20.5 Å². The number of carbonyl (C=O) groups is 1. The van der Waals surface area contributed by atoms with Gasteiger partial charge in [0.05, 0.1) is 11.3 Å². The van der Waals surface area contributed by atoms with Crippen LogP contribution in [-0.4, -0.2) is 28.9 Å². The summed E-state index contributed by atoms with van der Waals surface area (Å²) in [6.45, 7) is 6.14. The van der Waals surface area contributed by atoms with Crippen LogP contribution in [0.5, 0.6) is 5.75 Å². The zero-order chi connectivity index (χ0) is 15.5. The number of amides is 2. The number of nitrogens with one attached hydrogen (secondary N) is 2. The molecule has 1 aliphatic carbocycles. The summed E-state index contributed by atoms with van der Waals surface area (Å²) in [5.41, 5.74) is -0.445. The SMILES string of the molecule is CC(C)(C)Oc1ccccc1NC(=O)NCC1(O)CCC1. The quantitative estimate of drug-likeness (QED) is 0.799. The van der Waals surface area contributed by atoms with Gasteiger partial charge in [-0.1, -0.05) is 12.1 Å². The van der Waals surface area contributed by atoms with Gasteiger partial charge in [0.15, 0.2) is 0 Å². The van der Waals surface area contributed by atoms with Crippen molar-refractivity contribution in [2.24, 2.45) is 0 Å². The number of anilines is 1. The van der Waals surface area contributed by atoms with Crippen molar-refractivity contribution in [1.29, 1.82) is 0 Å². The van der Waals surface area contributed by atoms with E-state index in [4.69, 9.17) is 4.74 Å². The van der Waals surface area contributed by atoms with E-state index in [1.807, 2.05) is 39.0 Å². The molecule has 5 nitrogen and oxygen atoms in total.